The van der Waals surface area contributed by atoms with Crippen LogP contribution in [0.1, 0.15) is 267 Å². The fraction of sp³-hybridized carbons (Fsp3) is 1.00. The molecule has 0 saturated carbocycles. The Labute approximate surface area is 372 Å². The zero-order chi connectivity index (χ0) is 43.4. The van der Waals surface area contributed by atoms with Crippen LogP contribution in [0.2, 0.25) is 0 Å². The topological polar surface area (TPSA) is 78.7 Å². The van der Waals surface area contributed by atoms with E-state index in [-0.39, 0.29) is 11.6 Å². The molecule has 356 valence electrons. The van der Waals surface area contributed by atoms with Gasteiger partial charge < -0.3 is 0 Å². The van der Waals surface area contributed by atoms with Crippen molar-refractivity contribution in [3.8, 4) is 0 Å². The van der Waals surface area contributed by atoms with E-state index in [1.54, 1.807) is 0 Å². The Hall–Kier alpha value is -0.320. The SMILES string of the molecule is CCCCCCCCNN(NCCCCCCC)C(CCCCCCCCC(NCCCCC)(NCCCCCC)N(CCCC)CCCC)(NCCC)NCCCC. The van der Waals surface area contributed by atoms with E-state index in [9.17, 15) is 0 Å². The highest BCUT2D eigenvalue weighted by atomic mass is 15.8. The lowest BCUT2D eigenvalue weighted by atomic mass is 10.0. The summed E-state index contributed by atoms with van der Waals surface area (Å²) < 4.78 is 0. The summed E-state index contributed by atoms with van der Waals surface area (Å²) in [6.45, 7) is 27.3. The van der Waals surface area contributed by atoms with Gasteiger partial charge in [0.25, 0.3) is 0 Å². The Kier molecular flexibility index (Phi) is 44.1. The summed E-state index contributed by atoms with van der Waals surface area (Å²) in [4.78, 5) is 2.84. The molecular formula is C51H112N8. The largest absolute Gasteiger partial charge is 0.287 e. The number of hydrazine groups is 2. The fourth-order valence-corrected chi connectivity index (χ4v) is 8.45. The Morgan fingerprint density at radius 2 is 0.593 bits per heavy atom. The number of hydrogen-bond donors (Lipinski definition) is 6. The lowest BCUT2D eigenvalue weighted by Crippen LogP contribution is -2.75. The van der Waals surface area contributed by atoms with Crippen LogP contribution in [0.3, 0.4) is 0 Å². The molecule has 6 N–H and O–H groups in total. The molecule has 0 rings (SSSR count). The maximum Gasteiger partial charge on any atom is 0.153 e. The lowest BCUT2D eigenvalue weighted by Gasteiger charge is -2.46. The normalized spacial score (nSPS) is 14.1. The first kappa shape index (κ1) is 58.7. The first-order valence-electron chi connectivity index (χ1n) is 27.0. The van der Waals surface area contributed by atoms with Gasteiger partial charge in [0.1, 0.15) is 5.79 Å². The second kappa shape index (κ2) is 44.3. The average Bonchev–Trinajstić information content (AvgIpc) is 3.25. The Morgan fingerprint density at radius 3 is 1.07 bits per heavy atom. The zero-order valence-electron chi connectivity index (χ0n) is 41.9. The molecule has 0 saturated heterocycles. The summed E-state index contributed by atoms with van der Waals surface area (Å²) in [6.07, 6.45) is 42.4. The van der Waals surface area contributed by atoms with Crippen molar-refractivity contribution < 1.29 is 0 Å². The minimum absolute atomic E-state index is 0.0754. The van der Waals surface area contributed by atoms with Gasteiger partial charge in [-0.1, -0.05) is 190 Å². The van der Waals surface area contributed by atoms with E-state index < -0.39 is 0 Å². The Bertz CT molecular complexity index is 809. The molecule has 8 nitrogen and oxygen atoms in total. The van der Waals surface area contributed by atoms with E-state index in [0.29, 0.717) is 0 Å². The molecule has 0 aromatic carbocycles. The van der Waals surface area contributed by atoms with E-state index in [1.807, 2.05) is 0 Å². The quantitative estimate of drug-likeness (QED) is 0.0206. The summed E-state index contributed by atoms with van der Waals surface area (Å²) in [5.74, 6) is -0.364. The van der Waals surface area contributed by atoms with Gasteiger partial charge in [-0.05, 0) is 103 Å². The van der Waals surface area contributed by atoms with Crippen LogP contribution in [-0.4, -0.2) is 73.9 Å². The second-order valence-corrected chi connectivity index (χ2v) is 18.2. The van der Waals surface area contributed by atoms with E-state index in [1.165, 1.54) is 212 Å². The zero-order valence-corrected chi connectivity index (χ0v) is 41.9. The van der Waals surface area contributed by atoms with E-state index in [2.05, 4.69) is 97.5 Å². The molecule has 0 aliphatic rings. The molecule has 0 fully saturated rings. The van der Waals surface area contributed by atoms with Crippen molar-refractivity contribution in [3.05, 3.63) is 0 Å². The lowest BCUT2D eigenvalue weighted by molar-refractivity contribution is -0.0715. The minimum Gasteiger partial charge on any atom is -0.287 e. The van der Waals surface area contributed by atoms with E-state index in [4.69, 9.17) is 0 Å². The van der Waals surface area contributed by atoms with Gasteiger partial charge in [0.15, 0.2) is 5.79 Å². The van der Waals surface area contributed by atoms with Crippen LogP contribution in [-0.2, 0) is 0 Å². The van der Waals surface area contributed by atoms with Crippen LogP contribution in [0.25, 0.3) is 0 Å². The van der Waals surface area contributed by atoms with Gasteiger partial charge in [-0.2, -0.15) is 0 Å². The smallest absolute Gasteiger partial charge is 0.153 e. The van der Waals surface area contributed by atoms with Crippen molar-refractivity contribution in [2.75, 3.05) is 52.4 Å². The standard InChI is InChI=1S/C51H112N8/c1-9-17-24-27-33-39-47-57-59(56-46-38-32-25-18-10-2)51(52-42-16-8,55-43-21-13-5)41-35-31-29-28-30-34-40-50(53-44-36-20-12-4,54-45-37-26-19-11-3)58(48-22-14-6)49-23-15-7/h52-57H,9-49H2,1-8H3. The van der Waals surface area contributed by atoms with Crippen LogP contribution in [0.5, 0.6) is 0 Å². The Balaban J connectivity index is 5.79. The highest BCUT2D eigenvalue weighted by Gasteiger charge is 2.36. The summed E-state index contributed by atoms with van der Waals surface area (Å²) >= 11 is 0. The molecule has 59 heavy (non-hydrogen) atoms. The third kappa shape index (κ3) is 31.2. The van der Waals surface area contributed by atoms with Crippen molar-refractivity contribution in [2.45, 2.75) is 279 Å². The number of nitrogens with one attached hydrogen (secondary N) is 6. The van der Waals surface area contributed by atoms with E-state index >= 15 is 0 Å². The third-order valence-corrected chi connectivity index (χ3v) is 12.4. The highest BCUT2D eigenvalue weighted by molar-refractivity contribution is 4.87. The van der Waals surface area contributed by atoms with Crippen molar-refractivity contribution in [1.29, 1.82) is 0 Å². The molecule has 0 aromatic heterocycles. The van der Waals surface area contributed by atoms with Crippen LogP contribution in [0.4, 0.5) is 0 Å². The number of nitrogens with zero attached hydrogens (tertiary/aromatic N) is 2. The Morgan fingerprint density at radius 1 is 0.271 bits per heavy atom. The fourth-order valence-electron chi connectivity index (χ4n) is 8.45. The molecule has 0 aliphatic carbocycles. The van der Waals surface area contributed by atoms with Crippen molar-refractivity contribution >= 4 is 0 Å². The molecule has 0 amide bonds. The van der Waals surface area contributed by atoms with Gasteiger partial charge in [0, 0.05) is 26.2 Å². The van der Waals surface area contributed by atoms with Gasteiger partial charge in [-0.15, -0.1) is 5.12 Å². The number of hydrogen-bond acceptors (Lipinski definition) is 8. The second-order valence-electron chi connectivity index (χ2n) is 18.2. The van der Waals surface area contributed by atoms with Crippen molar-refractivity contribution in [3.63, 3.8) is 0 Å². The third-order valence-electron chi connectivity index (χ3n) is 12.4. The van der Waals surface area contributed by atoms with Crippen molar-refractivity contribution in [2.24, 2.45) is 0 Å². The van der Waals surface area contributed by atoms with Gasteiger partial charge in [-0.25, -0.2) is 10.9 Å². The predicted octanol–water partition coefficient (Wildman–Crippen LogP) is 13.3. The van der Waals surface area contributed by atoms with Gasteiger partial charge in [0.05, 0.1) is 0 Å². The van der Waals surface area contributed by atoms with Crippen LogP contribution < -0.4 is 32.1 Å². The predicted molar refractivity (Wildman–Crippen MR) is 265 cm³/mol. The average molecular weight is 838 g/mol. The molecule has 2 atom stereocenters. The summed E-state index contributed by atoms with van der Waals surface area (Å²) in [6, 6.07) is 0. The molecule has 0 spiro atoms. The maximum absolute atomic E-state index is 4.20. The van der Waals surface area contributed by atoms with Crippen LogP contribution >= 0.6 is 0 Å². The summed E-state index contributed by atoms with van der Waals surface area (Å²) in [5.41, 5.74) is 7.86. The first-order chi connectivity index (χ1) is 29.0. The minimum atomic E-state index is -0.289. The number of rotatable bonds is 50. The monoisotopic (exact) mass is 837 g/mol. The molecule has 2 unspecified atom stereocenters. The van der Waals surface area contributed by atoms with Crippen LogP contribution in [0.15, 0.2) is 0 Å². The maximum atomic E-state index is 4.20. The molecule has 0 heterocycles. The summed E-state index contributed by atoms with van der Waals surface area (Å²) in [7, 11) is 0. The van der Waals surface area contributed by atoms with Crippen LogP contribution in [0, 0.1) is 0 Å². The van der Waals surface area contributed by atoms with Gasteiger partial charge >= 0.3 is 0 Å². The van der Waals surface area contributed by atoms with Gasteiger partial charge in [0.2, 0.25) is 0 Å². The van der Waals surface area contributed by atoms with E-state index in [0.717, 1.165) is 52.1 Å². The molecule has 0 radical (unpaired) electrons. The number of unbranched alkanes of at least 4 members (excludes halogenated alkanes) is 22. The summed E-state index contributed by atoms with van der Waals surface area (Å²) in [5, 5.41) is 19.0. The van der Waals surface area contributed by atoms with Gasteiger partial charge in [-0.3, -0.25) is 26.2 Å². The molecule has 0 aliphatic heterocycles. The first-order valence-corrected chi connectivity index (χ1v) is 27.0. The highest BCUT2D eigenvalue weighted by Crippen LogP contribution is 2.23. The van der Waals surface area contributed by atoms with Crippen molar-refractivity contribution in [1.82, 2.24) is 42.1 Å². The molecule has 0 bridgehead atoms. The molecule has 0 aromatic rings. The molecular weight excluding hydrogens is 725 g/mol. The molecule has 8 heteroatoms.